The maximum Gasteiger partial charge on any atom is 0.242 e. The minimum absolute atomic E-state index is 0.00857. The van der Waals surface area contributed by atoms with Crippen LogP contribution < -0.4 is 9.62 Å². The van der Waals surface area contributed by atoms with Gasteiger partial charge in [-0.15, -0.1) is 0 Å². The van der Waals surface area contributed by atoms with Crippen LogP contribution >= 0.6 is 23.2 Å². The molecule has 204 valence electrons. The molecule has 2 aromatic carbocycles. The van der Waals surface area contributed by atoms with Gasteiger partial charge in [0, 0.05) is 31.1 Å². The zero-order chi connectivity index (χ0) is 27.8. The van der Waals surface area contributed by atoms with Crippen LogP contribution in [0.5, 0.6) is 0 Å². The van der Waals surface area contributed by atoms with Gasteiger partial charge in [0.15, 0.2) is 0 Å². The number of rotatable bonds is 13. The number of hydrogen-bond donors (Lipinski definition) is 1. The van der Waals surface area contributed by atoms with Gasteiger partial charge in [0.1, 0.15) is 11.9 Å². The van der Waals surface area contributed by atoms with Gasteiger partial charge in [-0.2, -0.15) is 0 Å². The Bertz CT molecular complexity index is 1180. The summed E-state index contributed by atoms with van der Waals surface area (Å²) in [5.41, 5.74) is 0.903. The highest BCUT2D eigenvalue weighted by Crippen LogP contribution is 2.31. The van der Waals surface area contributed by atoms with Crippen molar-refractivity contribution < 1.29 is 22.4 Å². The first-order valence-electron chi connectivity index (χ1n) is 12.1. The lowest BCUT2D eigenvalue weighted by atomic mass is 10.1. The quantitative estimate of drug-likeness (QED) is 0.354. The van der Waals surface area contributed by atoms with Crippen LogP contribution in [0.25, 0.3) is 0 Å². The van der Waals surface area contributed by atoms with E-state index in [1.165, 1.54) is 29.2 Å². The van der Waals surface area contributed by atoms with E-state index in [-0.39, 0.29) is 54.4 Å². The number of sulfonamides is 1. The molecule has 0 bridgehead atoms. The summed E-state index contributed by atoms with van der Waals surface area (Å²) in [6.07, 6.45) is 1.60. The zero-order valence-electron chi connectivity index (χ0n) is 21.5. The van der Waals surface area contributed by atoms with E-state index in [0.29, 0.717) is 23.6 Å². The second-order valence-corrected chi connectivity index (χ2v) is 12.0. The maximum atomic E-state index is 13.4. The SMILES string of the molecule is CC[C@H](C(=O)NCC(C)C)N(Cc1ccc(F)cc1)C(=O)CCCN(c1cc(Cl)ccc1Cl)S(C)(=O)=O. The lowest BCUT2D eigenvalue weighted by Gasteiger charge is -2.31. The highest BCUT2D eigenvalue weighted by molar-refractivity contribution is 7.92. The zero-order valence-corrected chi connectivity index (χ0v) is 23.8. The Labute approximate surface area is 229 Å². The van der Waals surface area contributed by atoms with Crippen molar-refractivity contribution >= 4 is 50.7 Å². The Morgan fingerprint density at radius 3 is 2.30 bits per heavy atom. The fourth-order valence-corrected chi connectivity index (χ4v) is 5.19. The van der Waals surface area contributed by atoms with E-state index >= 15 is 0 Å². The summed E-state index contributed by atoms with van der Waals surface area (Å²) in [5.74, 6) is -0.747. The van der Waals surface area contributed by atoms with Crippen molar-refractivity contribution in [1.82, 2.24) is 10.2 Å². The van der Waals surface area contributed by atoms with Crippen molar-refractivity contribution in [3.05, 3.63) is 63.9 Å². The second-order valence-electron chi connectivity index (χ2n) is 9.25. The van der Waals surface area contributed by atoms with Crippen molar-refractivity contribution in [2.24, 2.45) is 5.92 Å². The molecule has 11 heteroatoms. The molecule has 0 aromatic heterocycles. The molecule has 2 aromatic rings. The summed E-state index contributed by atoms with van der Waals surface area (Å²) in [7, 11) is -3.71. The van der Waals surface area contributed by atoms with Gasteiger partial charge in [-0.25, -0.2) is 12.8 Å². The minimum atomic E-state index is -3.71. The molecule has 2 rings (SSSR count). The van der Waals surface area contributed by atoms with Crippen molar-refractivity contribution in [3.8, 4) is 0 Å². The molecule has 0 aliphatic heterocycles. The number of hydrogen-bond acceptors (Lipinski definition) is 4. The normalized spacial score (nSPS) is 12.3. The summed E-state index contributed by atoms with van der Waals surface area (Å²) < 4.78 is 39.5. The number of anilines is 1. The summed E-state index contributed by atoms with van der Waals surface area (Å²) in [5, 5.41) is 3.42. The minimum Gasteiger partial charge on any atom is -0.354 e. The van der Waals surface area contributed by atoms with Gasteiger partial charge >= 0.3 is 0 Å². The number of halogens is 3. The van der Waals surface area contributed by atoms with E-state index in [2.05, 4.69) is 5.32 Å². The fourth-order valence-electron chi connectivity index (χ4n) is 3.79. The highest BCUT2D eigenvalue weighted by atomic mass is 35.5. The Kier molecular flexibility index (Phi) is 11.7. The Balaban J connectivity index is 2.23. The summed E-state index contributed by atoms with van der Waals surface area (Å²) >= 11 is 12.3. The van der Waals surface area contributed by atoms with Gasteiger partial charge in [-0.3, -0.25) is 13.9 Å². The van der Waals surface area contributed by atoms with E-state index in [1.807, 2.05) is 20.8 Å². The van der Waals surface area contributed by atoms with Gasteiger partial charge < -0.3 is 10.2 Å². The van der Waals surface area contributed by atoms with Gasteiger partial charge in [0.2, 0.25) is 21.8 Å². The largest absolute Gasteiger partial charge is 0.354 e. The maximum absolute atomic E-state index is 13.4. The molecule has 0 aliphatic carbocycles. The molecule has 7 nitrogen and oxygen atoms in total. The number of benzene rings is 2. The summed E-state index contributed by atoms with van der Waals surface area (Å²) in [6, 6.07) is 9.54. The molecule has 0 saturated heterocycles. The predicted molar refractivity (Wildman–Crippen MR) is 147 cm³/mol. The number of nitrogens with one attached hydrogen (secondary N) is 1. The molecular formula is C26H34Cl2FN3O4S. The Hall–Kier alpha value is -2.36. The summed E-state index contributed by atoms with van der Waals surface area (Å²) in [4.78, 5) is 27.8. The topological polar surface area (TPSA) is 86.8 Å². The Morgan fingerprint density at radius 1 is 1.08 bits per heavy atom. The van der Waals surface area contributed by atoms with E-state index in [9.17, 15) is 22.4 Å². The van der Waals surface area contributed by atoms with Crippen LogP contribution in [-0.4, -0.2) is 50.5 Å². The average Bonchev–Trinajstić information content (AvgIpc) is 2.82. The monoisotopic (exact) mass is 573 g/mol. The third kappa shape index (κ3) is 9.47. The van der Waals surface area contributed by atoms with Crippen molar-refractivity contribution in [2.45, 2.75) is 52.6 Å². The molecule has 0 aliphatic rings. The average molecular weight is 575 g/mol. The van der Waals surface area contributed by atoms with Crippen LogP contribution in [0.2, 0.25) is 10.0 Å². The van der Waals surface area contributed by atoms with Gasteiger partial charge in [-0.05, 0) is 54.7 Å². The predicted octanol–water partition coefficient (Wildman–Crippen LogP) is 5.26. The first-order valence-corrected chi connectivity index (χ1v) is 14.7. The smallest absolute Gasteiger partial charge is 0.242 e. The molecule has 0 saturated carbocycles. The molecule has 0 fully saturated rings. The van der Waals surface area contributed by atoms with Gasteiger partial charge in [0.05, 0.1) is 17.0 Å². The molecule has 0 unspecified atom stereocenters. The standard InChI is InChI=1S/C26H34Cl2FN3O4S/c1-5-23(26(34)30-16-18(2)3)31(17-19-8-11-21(29)12-9-19)25(33)7-6-14-32(37(4,35)36)24-15-20(27)10-13-22(24)28/h8-13,15,18,23H,5-7,14,16-17H2,1-4H3,(H,30,34)/t23-/m1/s1. The van der Waals surface area contributed by atoms with Crippen LogP contribution in [0.1, 0.15) is 45.6 Å². The highest BCUT2D eigenvalue weighted by Gasteiger charge is 2.29. The molecule has 0 spiro atoms. The fraction of sp³-hybridized carbons (Fsp3) is 0.462. The van der Waals surface area contributed by atoms with Crippen LogP contribution in [0.4, 0.5) is 10.1 Å². The molecule has 1 atom stereocenters. The number of carbonyl (C=O) groups is 2. The third-order valence-corrected chi connectivity index (χ3v) is 7.40. The van der Waals surface area contributed by atoms with Crippen molar-refractivity contribution in [2.75, 3.05) is 23.7 Å². The van der Waals surface area contributed by atoms with Crippen molar-refractivity contribution in [3.63, 3.8) is 0 Å². The second kappa shape index (κ2) is 14.0. The van der Waals surface area contributed by atoms with E-state index in [4.69, 9.17) is 23.2 Å². The van der Waals surface area contributed by atoms with Gasteiger partial charge in [-0.1, -0.05) is 56.1 Å². The van der Waals surface area contributed by atoms with E-state index in [0.717, 1.165) is 10.6 Å². The summed E-state index contributed by atoms with van der Waals surface area (Å²) in [6.45, 7) is 6.34. The molecule has 1 N–H and O–H groups in total. The number of amides is 2. The number of carbonyl (C=O) groups excluding carboxylic acids is 2. The molecular weight excluding hydrogens is 540 g/mol. The van der Waals surface area contributed by atoms with Crippen LogP contribution in [-0.2, 0) is 26.2 Å². The lowest BCUT2D eigenvalue weighted by molar-refractivity contribution is -0.141. The first-order chi connectivity index (χ1) is 17.3. The van der Waals surface area contributed by atoms with Gasteiger partial charge in [0.25, 0.3) is 0 Å². The van der Waals surface area contributed by atoms with E-state index in [1.54, 1.807) is 18.2 Å². The Morgan fingerprint density at radius 2 is 1.73 bits per heavy atom. The number of nitrogens with zero attached hydrogens (tertiary/aromatic N) is 2. The lowest BCUT2D eigenvalue weighted by Crippen LogP contribution is -2.49. The van der Waals surface area contributed by atoms with Crippen LogP contribution in [0, 0.1) is 11.7 Å². The third-order valence-electron chi connectivity index (χ3n) is 5.67. The molecule has 0 heterocycles. The van der Waals surface area contributed by atoms with Crippen LogP contribution in [0.3, 0.4) is 0 Å². The molecule has 37 heavy (non-hydrogen) atoms. The molecule has 2 amide bonds. The van der Waals surface area contributed by atoms with Crippen LogP contribution in [0.15, 0.2) is 42.5 Å². The first kappa shape index (κ1) is 30.9. The molecule has 0 radical (unpaired) electrons. The van der Waals surface area contributed by atoms with Crippen molar-refractivity contribution in [1.29, 1.82) is 0 Å². The van der Waals surface area contributed by atoms with E-state index < -0.39 is 21.9 Å².